The van der Waals surface area contributed by atoms with Gasteiger partial charge in [0.25, 0.3) is 0 Å². The van der Waals surface area contributed by atoms with Crippen molar-refractivity contribution in [2.45, 2.75) is 64.2 Å². The number of fused-ring (bicyclic) bond motifs is 9. The lowest BCUT2D eigenvalue weighted by Crippen LogP contribution is -2.16. The summed E-state index contributed by atoms with van der Waals surface area (Å²) in [5, 5.41) is 0. The Labute approximate surface area is 124 Å². The van der Waals surface area contributed by atoms with Crippen LogP contribution in [0.3, 0.4) is 0 Å². The molecule has 6 rings (SSSR count). The largest absolute Gasteiger partial charge is 0.0527 e. The van der Waals surface area contributed by atoms with Crippen LogP contribution in [0.15, 0.2) is 0 Å². The highest BCUT2D eigenvalue weighted by molar-refractivity contribution is 5.11. The SMILES string of the molecule is C1CC2CC3C(CC4C5CC6CCCC6C5CC34)C2C1. The molecule has 0 amide bonds. The van der Waals surface area contributed by atoms with E-state index < -0.39 is 0 Å². The molecule has 0 heteroatoms. The van der Waals surface area contributed by atoms with Crippen LogP contribution in [0.5, 0.6) is 0 Å². The lowest BCUT2D eigenvalue weighted by molar-refractivity contribution is 0.254. The summed E-state index contributed by atoms with van der Waals surface area (Å²) >= 11 is 0. The highest BCUT2D eigenvalue weighted by Gasteiger charge is 2.62. The zero-order valence-electron chi connectivity index (χ0n) is 12.8. The van der Waals surface area contributed by atoms with Crippen molar-refractivity contribution in [1.29, 1.82) is 0 Å². The van der Waals surface area contributed by atoms with E-state index in [2.05, 4.69) is 0 Å². The Hall–Kier alpha value is 0. The number of hydrogen-bond donors (Lipinski definition) is 0. The average Bonchev–Trinajstić information content (AvgIpc) is 3.14. The van der Waals surface area contributed by atoms with Crippen LogP contribution in [0, 0.1) is 59.2 Å². The summed E-state index contributed by atoms with van der Waals surface area (Å²) in [4.78, 5) is 0. The fourth-order valence-electron chi connectivity index (χ4n) is 9.17. The van der Waals surface area contributed by atoms with Gasteiger partial charge in [-0.2, -0.15) is 0 Å². The molecule has 0 N–H and O–H groups in total. The summed E-state index contributed by atoms with van der Waals surface area (Å²) in [6, 6.07) is 0. The maximum atomic E-state index is 1.69. The molecule has 0 aromatic rings. The first-order valence-corrected chi connectivity index (χ1v) is 9.90. The van der Waals surface area contributed by atoms with Crippen LogP contribution in [0.4, 0.5) is 0 Å². The van der Waals surface area contributed by atoms with Gasteiger partial charge in [0.15, 0.2) is 0 Å². The molecule has 20 heavy (non-hydrogen) atoms. The summed E-state index contributed by atoms with van der Waals surface area (Å²) in [6.07, 6.45) is 16.3. The molecule has 0 bridgehead atoms. The summed E-state index contributed by atoms with van der Waals surface area (Å²) in [7, 11) is 0. The normalized spacial score (nSPS) is 66.0. The molecule has 6 aliphatic rings. The molecule has 0 saturated heterocycles. The Morgan fingerprint density at radius 2 is 0.750 bits per heavy atom. The third-order valence-electron chi connectivity index (χ3n) is 9.52. The zero-order chi connectivity index (χ0) is 12.8. The van der Waals surface area contributed by atoms with Crippen LogP contribution < -0.4 is 0 Å². The summed E-state index contributed by atoms with van der Waals surface area (Å²) in [6.45, 7) is 0. The van der Waals surface area contributed by atoms with Gasteiger partial charge in [-0.15, -0.1) is 0 Å². The molecule has 110 valence electrons. The Morgan fingerprint density at radius 3 is 1.25 bits per heavy atom. The Bertz CT molecular complexity index is 386. The zero-order valence-corrected chi connectivity index (χ0v) is 12.8. The van der Waals surface area contributed by atoms with Gasteiger partial charge in [-0.3, -0.25) is 0 Å². The smallest absolute Gasteiger partial charge is 0.0349 e. The molecule has 0 aromatic heterocycles. The Morgan fingerprint density at radius 1 is 0.350 bits per heavy atom. The van der Waals surface area contributed by atoms with Gasteiger partial charge in [-0.25, -0.2) is 0 Å². The van der Waals surface area contributed by atoms with Gasteiger partial charge in [-0.1, -0.05) is 25.7 Å². The van der Waals surface area contributed by atoms with E-state index in [9.17, 15) is 0 Å². The molecule has 0 spiro atoms. The van der Waals surface area contributed by atoms with Crippen LogP contribution in [-0.4, -0.2) is 0 Å². The van der Waals surface area contributed by atoms with Crippen molar-refractivity contribution in [3.8, 4) is 0 Å². The van der Waals surface area contributed by atoms with Crippen LogP contribution in [0.2, 0.25) is 0 Å². The van der Waals surface area contributed by atoms with E-state index in [1.165, 1.54) is 59.2 Å². The van der Waals surface area contributed by atoms with Crippen molar-refractivity contribution in [2.75, 3.05) is 0 Å². The highest BCUT2D eigenvalue weighted by atomic mass is 14.7. The first-order chi connectivity index (χ1) is 9.90. The lowest BCUT2D eigenvalue weighted by atomic mass is 9.82. The number of hydrogen-bond acceptors (Lipinski definition) is 0. The summed E-state index contributed by atoms with van der Waals surface area (Å²) in [5.41, 5.74) is 0. The minimum atomic E-state index is 1.19. The quantitative estimate of drug-likeness (QED) is 0.572. The lowest BCUT2D eigenvalue weighted by Gasteiger charge is -2.23. The molecule has 10 atom stereocenters. The van der Waals surface area contributed by atoms with E-state index in [0.717, 1.165) is 0 Å². The first-order valence-electron chi connectivity index (χ1n) is 9.90. The second-order valence-corrected chi connectivity index (χ2v) is 9.64. The van der Waals surface area contributed by atoms with E-state index in [4.69, 9.17) is 0 Å². The van der Waals surface area contributed by atoms with E-state index >= 15 is 0 Å². The van der Waals surface area contributed by atoms with E-state index in [1.54, 1.807) is 64.2 Å². The number of rotatable bonds is 0. The topological polar surface area (TPSA) is 0 Å². The van der Waals surface area contributed by atoms with E-state index in [0.29, 0.717) is 0 Å². The second-order valence-electron chi connectivity index (χ2n) is 9.64. The predicted octanol–water partition coefficient (Wildman–Crippen LogP) is 5.13. The molecule has 6 saturated carbocycles. The monoisotopic (exact) mass is 270 g/mol. The van der Waals surface area contributed by atoms with Crippen molar-refractivity contribution in [2.24, 2.45) is 59.2 Å². The van der Waals surface area contributed by atoms with Gasteiger partial charge in [0.1, 0.15) is 0 Å². The van der Waals surface area contributed by atoms with Gasteiger partial charge in [0.05, 0.1) is 0 Å². The van der Waals surface area contributed by atoms with Crippen LogP contribution >= 0.6 is 0 Å². The van der Waals surface area contributed by atoms with Gasteiger partial charge in [-0.05, 0) is 97.7 Å². The fraction of sp³-hybridized carbons (Fsp3) is 1.00. The fourth-order valence-corrected chi connectivity index (χ4v) is 9.17. The van der Waals surface area contributed by atoms with Crippen molar-refractivity contribution in [1.82, 2.24) is 0 Å². The standard InChI is InChI=1S/C20H30/c1-3-11-7-15-17(13(11)5-1)9-19-16-8-12-4-2-6-14(12)18(16)10-20(15)19/h11-20H,1-10H2. The molecule has 6 fully saturated rings. The van der Waals surface area contributed by atoms with Gasteiger partial charge in [0.2, 0.25) is 0 Å². The maximum Gasteiger partial charge on any atom is -0.0349 e. The van der Waals surface area contributed by atoms with Crippen molar-refractivity contribution in [3.05, 3.63) is 0 Å². The molecular weight excluding hydrogens is 240 g/mol. The summed E-state index contributed by atoms with van der Waals surface area (Å²) in [5.74, 6) is 12.0. The molecule has 10 unspecified atom stereocenters. The van der Waals surface area contributed by atoms with Crippen LogP contribution in [0.25, 0.3) is 0 Å². The average molecular weight is 270 g/mol. The Balaban J connectivity index is 1.29. The molecule has 0 aliphatic heterocycles. The van der Waals surface area contributed by atoms with Crippen molar-refractivity contribution >= 4 is 0 Å². The molecule has 0 radical (unpaired) electrons. The highest BCUT2D eigenvalue weighted by Crippen LogP contribution is 2.70. The minimum Gasteiger partial charge on any atom is -0.0527 e. The second kappa shape index (κ2) is 3.85. The van der Waals surface area contributed by atoms with Crippen LogP contribution in [-0.2, 0) is 0 Å². The van der Waals surface area contributed by atoms with E-state index in [1.807, 2.05) is 0 Å². The summed E-state index contributed by atoms with van der Waals surface area (Å²) < 4.78 is 0. The molecule has 6 aliphatic carbocycles. The van der Waals surface area contributed by atoms with Gasteiger partial charge >= 0.3 is 0 Å². The van der Waals surface area contributed by atoms with Gasteiger partial charge in [0, 0.05) is 0 Å². The third kappa shape index (κ3) is 1.27. The Kier molecular flexibility index (Phi) is 2.22. The van der Waals surface area contributed by atoms with Gasteiger partial charge < -0.3 is 0 Å². The van der Waals surface area contributed by atoms with Crippen molar-refractivity contribution < 1.29 is 0 Å². The molecular formula is C20H30. The molecule has 0 nitrogen and oxygen atoms in total. The molecule has 0 aromatic carbocycles. The van der Waals surface area contributed by atoms with Crippen molar-refractivity contribution in [3.63, 3.8) is 0 Å². The third-order valence-corrected chi connectivity index (χ3v) is 9.52. The van der Waals surface area contributed by atoms with Crippen LogP contribution in [0.1, 0.15) is 64.2 Å². The van der Waals surface area contributed by atoms with E-state index in [-0.39, 0.29) is 0 Å². The maximum absolute atomic E-state index is 1.69. The molecule has 0 heterocycles. The predicted molar refractivity (Wildman–Crippen MR) is 81.1 cm³/mol. The first kappa shape index (κ1) is 11.6. The minimum absolute atomic E-state index is 1.19.